The Morgan fingerprint density at radius 1 is 1.47 bits per heavy atom. The quantitative estimate of drug-likeness (QED) is 0.450. The van der Waals surface area contributed by atoms with Gasteiger partial charge in [-0.05, 0) is 12.3 Å². The Morgan fingerprint density at radius 2 is 2.00 bits per heavy atom. The van der Waals surface area contributed by atoms with Crippen molar-refractivity contribution in [2.24, 2.45) is 11.1 Å². The predicted molar refractivity (Wildman–Crippen MR) is 63.2 cm³/mol. The van der Waals surface area contributed by atoms with Crippen LogP contribution in [0.5, 0.6) is 0 Å². The van der Waals surface area contributed by atoms with Crippen molar-refractivity contribution in [2.45, 2.75) is 25.5 Å². The van der Waals surface area contributed by atoms with Crippen molar-refractivity contribution in [1.29, 1.82) is 0 Å². The highest BCUT2D eigenvalue weighted by Crippen LogP contribution is 2.08. The molecule has 15 heavy (non-hydrogen) atoms. The maximum Gasteiger partial charge on any atom is 0.233 e. The molecule has 0 bridgehead atoms. The molecule has 90 valence electrons. The topological polar surface area (TPSA) is 89.3 Å². The lowest BCUT2D eigenvalue weighted by Gasteiger charge is -2.14. The smallest absolute Gasteiger partial charge is 0.233 e. The number of amides is 1. The van der Waals surface area contributed by atoms with E-state index >= 15 is 0 Å². The zero-order chi connectivity index (χ0) is 12.1. The number of nitrogens with one attached hydrogen (secondary N) is 1. The first-order valence-corrected chi connectivity index (χ1v) is 6.93. The van der Waals surface area contributed by atoms with Crippen molar-refractivity contribution < 1.29 is 13.2 Å². The van der Waals surface area contributed by atoms with Crippen LogP contribution in [0.15, 0.2) is 0 Å². The average Bonchev–Trinajstić information content (AvgIpc) is 2.09. The van der Waals surface area contributed by atoms with E-state index in [1.807, 2.05) is 13.8 Å². The van der Waals surface area contributed by atoms with Gasteiger partial charge in [-0.1, -0.05) is 13.8 Å². The lowest BCUT2D eigenvalue weighted by atomic mass is 10.1. The zero-order valence-electron chi connectivity index (χ0n) is 8.93. The van der Waals surface area contributed by atoms with Crippen LogP contribution in [0.25, 0.3) is 0 Å². The van der Waals surface area contributed by atoms with Crippen LogP contribution in [0.1, 0.15) is 20.3 Å². The summed E-state index contributed by atoms with van der Waals surface area (Å²) >= 11 is 4.12. The fourth-order valence-electron chi connectivity index (χ4n) is 0.892. The molecule has 0 aromatic carbocycles. The van der Waals surface area contributed by atoms with E-state index in [2.05, 4.69) is 17.9 Å². The van der Waals surface area contributed by atoms with Gasteiger partial charge in [0.15, 0.2) is 0 Å². The van der Waals surface area contributed by atoms with E-state index in [1.54, 1.807) is 0 Å². The Hall–Kier alpha value is -0.270. The Morgan fingerprint density at radius 3 is 2.40 bits per heavy atom. The third-order valence-electron chi connectivity index (χ3n) is 1.80. The molecular weight excluding hydrogens is 236 g/mol. The standard InChI is InChI=1S/C8H18N2O3S2/c1-6(2)7(14)8(11)10-4-3-5-15(9,12)13/h6-7,14H,3-5H2,1-2H3,(H,10,11)(H2,9,12,13). The third kappa shape index (κ3) is 7.64. The molecule has 0 aromatic heterocycles. The number of carbonyl (C=O) groups is 1. The summed E-state index contributed by atoms with van der Waals surface area (Å²) in [7, 11) is -3.43. The van der Waals surface area contributed by atoms with Crippen molar-refractivity contribution in [3.63, 3.8) is 0 Å². The molecule has 0 saturated heterocycles. The summed E-state index contributed by atoms with van der Waals surface area (Å²) in [5.41, 5.74) is 0. The lowest BCUT2D eigenvalue weighted by Crippen LogP contribution is -2.35. The summed E-state index contributed by atoms with van der Waals surface area (Å²) in [5.74, 6) is -0.152. The number of rotatable bonds is 6. The fraction of sp³-hybridized carbons (Fsp3) is 0.875. The molecule has 0 heterocycles. The normalized spacial score (nSPS) is 13.9. The summed E-state index contributed by atoms with van der Waals surface area (Å²) in [4.78, 5) is 11.3. The molecule has 0 aliphatic carbocycles. The number of hydrogen-bond donors (Lipinski definition) is 3. The van der Waals surface area contributed by atoms with Crippen LogP contribution >= 0.6 is 12.6 Å². The molecule has 0 aromatic rings. The summed E-state index contributed by atoms with van der Waals surface area (Å²) < 4.78 is 21.1. The van der Waals surface area contributed by atoms with E-state index in [1.165, 1.54) is 0 Å². The first-order valence-electron chi connectivity index (χ1n) is 4.70. The van der Waals surface area contributed by atoms with E-state index in [9.17, 15) is 13.2 Å². The van der Waals surface area contributed by atoms with Gasteiger partial charge in [0.2, 0.25) is 15.9 Å². The Kier molecular flexibility index (Phi) is 6.23. The minimum Gasteiger partial charge on any atom is -0.355 e. The van der Waals surface area contributed by atoms with Crippen LogP contribution in [0.4, 0.5) is 0 Å². The van der Waals surface area contributed by atoms with Gasteiger partial charge in [0.25, 0.3) is 0 Å². The number of hydrogen-bond acceptors (Lipinski definition) is 4. The van der Waals surface area contributed by atoms with E-state index in [-0.39, 0.29) is 22.8 Å². The molecule has 0 rings (SSSR count). The van der Waals surface area contributed by atoms with Crippen LogP contribution in [0.3, 0.4) is 0 Å². The van der Waals surface area contributed by atoms with Crippen LogP contribution < -0.4 is 10.5 Å². The van der Waals surface area contributed by atoms with Gasteiger partial charge in [-0.2, -0.15) is 12.6 Å². The first-order chi connectivity index (χ1) is 6.74. The SMILES string of the molecule is CC(C)C(S)C(=O)NCCCS(N)(=O)=O. The number of carbonyl (C=O) groups excluding carboxylic acids is 1. The molecule has 5 nitrogen and oxygen atoms in total. The third-order valence-corrected chi connectivity index (χ3v) is 3.49. The van der Waals surface area contributed by atoms with Crippen molar-refractivity contribution in [3.8, 4) is 0 Å². The van der Waals surface area contributed by atoms with Crippen molar-refractivity contribution in [3.05, 3.63) is 0 Å². The largest absolute Gasteiger partial charge is 0.355 e. The second-order valence-corrected chi connectivity index (χ2v) is 5.99. The van der Waals surface area contributed by atoms with Gasteiger partial charge in [0, 0.05) is 6.54 Å². The summed E-state index contributed by atoms with van der Waals surface area (Å²) in [6.45, 7) is 4.09. The van der Waals surface area contributed by atoms with E-state index in [4.69, 9.17) is 5.14 Å². The number of sulfonamides is 1. The molecule has 7 heteroatoms. The molecule has 0 aliphatic heterocycles. The summed E-state index contributed by atoms with van der Waals surface area (Å²) in [5, 5.41) is 7.04. The van der Waals surface area contributed by atoms with E-state index < -0.39 is 10.0 Å². The molecule has 0 radical (unpaired) electrons. The molecule has 0 saturated carbocycles. The maximum atomic E-state index is 11.3. The van der Waals surface area contributed by atoms with E-state index in [0.717, 1.165) is 0 Å². The van der Waals surface area contributed by atoms with Crippen LogP contribution in [-0.2, 0) is 14.8 Å². The monoisotopic (exact) mass is 254 g/mol. The summed E-state index contributed by atoms with van der Waals surface area (Å²) in [6, 6.07) is 0. The molecular formula is C8H18N2O3S2. The Bertz CT molecular complexity index is 301. The second kappa shape index (κ2) is 6.34. The predicted octanol–water partition coefficient (Wildman–Crippen LogP) is -0.264. The van der Waals surface area contributed by atoms with Gasteiger partial charge >= 0.3 is 0 Å². The van der Waals surface area contributed by atoms with Gasteiger partial charge in [0.05, 0.1) is 11.0 Å². The first kappa shape index (κ1) is 14.7. The fourth-order valence-corrected chi connectivity index (χ4v) is 1.53. The molecule has 0 aliphatic rings. The minimum atomic E-state index is -3.43. The van der Waals surface area contributed by atoms with E-state index in [0.29, 0.717) is 13.0 Å². The van der Waals surface area contributed by atoms with Crippen molar-refractivity contribution in [1.82, 2.24) is 5.32 Å². The minimum absolute atomic E-state index is 0.119. The number of thiol groups is 1. The average molecular weight is 254 g/mol. The van der Waals surface area contributed by atoms with Crippen LogP contribution in [-0.4, -0.2) is 31.9 Å². The zero-order valence-corrected chi connectivity index (χ0v) is 10.6. The van der Waals surface area contributed by atoms with Gasteiger partial charge in [0.1, 0.15) is 0 Å². The molecule has 1 atom stereocenters. The molecule has 1 amide bonds. The second-order valence-electron chi connectivity index (χ2n) is 3.70. The number of nitrogens with two attached hydrogens (primary N) is 1. The van der Waals surface area contributed by atoms with Crippen LogP contribution in [0, 0.1) is 5.92 Å². The summed E-state index contributed by atoms with van der Waals surface area (Å²) in [6.07, 6.45) is 0.323. The molecule has 3 N–H and O–H groups in total. The highest BCUT2D eigenvalue weighted by molar-refractivity contribution is 7.89. The Balaban J connectivity index is 3.74. The van der Waals surface area contributed by atoms with Gasteiger partial charge in [-0.25, -0.2) is 13.6 Å². The van der Waals surface area contributed by atoms with Crippen molar-refractivity contribution >= 4 is 28.6 Å². The highest BCUT2D eigenvalue weighted by atomic mass is 32.2. The van der Waals surface area contributed by atoms with Gasteiger partial charge in [-0.3, -0.25) is 4.79 Å². The molecule has 1 unspecified atom stereocenters. The number of primary sulfonamides is 1. The molecule has 0 spiro atoms. The van der Waals surface area contributed by atoms with Gasteiger partial charge in [-0.15, -0.1) is 0 Å². The molecule has 0 fully saturated rings. The van der Waals surface area contributed by atoms with Gasteiger partial charge < -0.3 is 5.32 Å². The lowest BCUT2D eigenvalue weighted by molar-refractivity contribution is -0.121. The highest BCUT2D eigenvalue weighted by Gasteiger charge is 2.16. The van der Waals surface area contributed by atoms with Crippen molar-refractivity contribution in [2.75, 3.05) is 12.3 Å². The van der Waals surface area contributed by atoms with Crippen LogP contribution in [0.2, 0.25) is 0 Å². The maximum absolute atomic E-state index is 11.3. The Labute approximate surface area is 96.3 Å².